The number of carboxylic acids is 1. The number of halogens is 1. The number of aryl methyl sites for hydroxylation is 2. The van der Waals surface area contributed by atoms with Crippen molar-refractivity contribution in [3.63, 3.8) is 0 Å². The third-order valence-corrected chi connectivity index (χ3v) is 2.88. The molecule has 3 nitrogen and oxygen atoms in total. The first-order chi connectivity index (χ1) is 8.13. The van der Waals surface area contributed by atoms with Crippen LogP contribution < -0.4 is 0 Å². The molecule has 0 saturated heterocycles. The fourth-order valence-corrected chi connectivity index (χ4v) is 2.08. The Morgan fingerprint density at radius 2 is 2.24 bits per heavy atom. The summed E-state index contributed by atoms with van der Waals surface area (Å²) in [4.78, 5) is 10.6. The summed E-state index contributed by atoms with van der Waals surface area (Å²) >= 11 is 0. The minimum absolute atomic E-state index is 0.0688. The number of hydrogen-bond donors (Lipinski definition) is 1. The van der Waals surface area contributed by atoms with Crippen molar-refractivity contribution in [2.45, 2.75) is 26.3 Å². The molecule has 0 spiro atoms. The van der Waals surface area contributed by atoms with Gasteiger partial charge in [0.05, 0.1) is 5.52 Å². The molecule has 0 aliphatic rings. The van der Waals surface area contributed by atoms with Gasteiger partial charge in [0, 0.05) is 24.5 Å². The van der Waals surface area contributed by atoms with Gasteiger partial charge in [-0.25, -0.2) is 4.39 Å². The highest BCUT2D eigenvalue weighted by molar-refractivity contribution is 5.85. The van der Waals surface area contributed by atoms with E-state index in [0.717, 1.165) is 10.9 Å². The molecule has 0 bridgehead atoms. The molecule has 0 aliphatic carbocycles. The molecule has 1 aromatic carbocycles. The molecule has 1 heterocycles. The SMILES string of the molecule is CCn1cc(CCC(=O)O)c2cccc(F)c21. The Morgan fingerprint density at radius 3 is 2.88 bits per heavy atom. The number of benzene rings is 1. The smallest absolute Gasteiger partial charge is 0.303 e. The van der Waals surface area contributed by atoms with Crippen LogP contribution >= 0.6 is 0 Å². The quantitative estimate of drug-likeness (QED) is 0.885. The van der Waals surface area contributed by atoms with Gasteiger partial charge in [-0.2, -0.15) is 0 Å². The van der Waals surface area contributed by atoms with Crippen LogP contribution in [0.1, 0.15) is 18.9 Å². The third kappa shape index (κ3) is 2.16. The summed E-state index contributed by atoms with van der Waals surface area (Å²) in [6, 6.07) is 4.92. The van der Waals surface area contributed by atoms with E-state index in [0.29, 0.717) is 18.5 Å². The van der Waals surface area contributed by atoms with Crippen molar-refractivity contribution in [2.75, 3.05) is 0 Å². The molecule has 0 unspecified atom stereocenters. The normalized spacial score (nSPS) is 10.9. The molecule has 90 valence electrons. The minimum Gasteiger partial charge on any atom is -0.481 e. The van der Waals surface area contributed by atoms with Gasteiger partial charge in [0.1, 0.15) is 5.82 Å². The first kappa shape index (κ1) is 11.6. The van der Waals surface area contributed by atoms with Gasteiger partial charge in [0.2, 0.25) is 0 Å². The van der Waals surface area contributed by atoms with Crippen molar-refractivity contribution in [3.05, 3.63) is 35.8 Å². The number of fused-ring (bicyclic) bond motifs is 1. The maximum Gasteiger partial charge on any atom is 0.303 e. The van der Waals surface area contributed by atoms with Crippen LogP contribution in [0.5, 0.6) is 0 Å². The predicted molar refractivity (Wildman–Crippen MR) is 63.5 cm³/mol. The van der Waals surface area contributed by atoms with E-state index in [9.17, 15) is 9.18 Å². The lowest BCUT2D eigenvalue weighted by atomic mass is 10.1. The fraction of sp³-hybridized carbons (Fsp3) is 0.308. The molecule has 0 saturated carbocycles. The van der Waals surface area contributed by atoms with Crippen molar-refractivity contribution in [1.29, 1.82) is 0 Å². The number of para-hydroxylation sites is 1. The van der Waals surface area contributed by atoms with Gasteiger partial charge in [0.25, 0.3) is 0 Å². The second kappa shape index (κ2) is 4.57. The molecule has 0 atom stereocenters. The maximum absolute atomic E-state index is 13.7. The van der Waals surface area contributed by atoms with Crippen LogP contribution in [-0.2, 0) is 17.8 Å². The van der Waals surface area contributed by atoms with Gasteiger partial charge >= 0.3 is 5.97 Å². The van der Waals surface area contributed by atoms with Gasteiger partial charge in [0.15, 0.2) is 0 Å². The topological polar surface area (TPSA) is 42.2 Å². The monoisotopic (exact) mass is 235 g/mol. The molecule has 2 aromatic rings. The van der Waals surface area contributed by atoms with Gasteiger partial charge in [-0.15, -0.1) is 0 Å². The number of carboxylic acid groups (broad SMARTS) is 1. The van der Waals surface area contributed by atoms with Crippen molar-refractivity contribution in [2.24, 2.45) is 0 Å². The van der Waals surface area contributed by atoms with Crippen LogP contribution in [0.3, 0.4) is 0 Å². The summed E-state index contributed by atoms with van der Waals surface area (Å²) in [6.07, 6.45) is 2.35. The molecule has 2 rings (SSSR count). The van der Waals surface area contributed by atoms with E-state index in [4.69, 9.17) is 5.11 Å². The average Bonchev–Trinajstić information content (AvgIpc) is 2.66. The molecule has 17 heavy (non-hydrogen) atoms. The molecule has 0 radical (unpaired) electrons. The lowest BCUT2D eigenvalue weighted by Gasteiger charge is -2.00. The maximum atomic E-state index is 13.7. The lowest BCUT2D eigenvalue weighted by molar-refractivity contribution is -0.136. The van der Waals surface area contributed by atoms with Crippen LogP contribution in [0.25, 0.3) is 10.9 Å². The number of aliphatic carboxylic acids is 1. The molecular formula is C13H14FNO2. The number of nitrogens with zero attached hydrogens (tertiary/aromatic N) is 1. The van der Waals surface area contributed by atoms with E-state index in [1.54, 1.807) is 6.07 Å². The van der Waals surface area contributed by atoms with Gasteiger partial charge in [-0.3, -0.25) is 4.79 Å². The third-order valence-electron chi connectivity index (χ3n) is 2.88. The first-order valence-electron chi connectivity index (χ1n) is 5.61. The van der Waals surface area contributed by atoms with Crippen LogP contribution in [0.15, 0.2) is 24.4 Å². The molecule has 0 aliphatic heterocycles. The zero-order valence-electron chi connectivity index (χ0n) is 9.61. The Labute approximate surface area is 98.5 Å². The van der Waals surface area contributed by atoms with Crippen LogP contribution in [0, 0.1) is 5.82 Å². The average molecular weight is 235 g/mol. The van der Waals surface area contributed by atoms with Gasteiger partial charge in [-0.1, -0.05) is 12.1 Å². The summed E-state index contributed by atoms with van der Waals surface area (Å²) in [7, 11) is 0. The van der Waals surface area contributed by atoms with Crippen LogP contribution in [0.2, 0.25) is 0 Å². The van der Waals surface area contributed by atoms with Crippen molar-refractivity contribution in [1.82, 2.24) is 4.57 Å². The Balaban J connectivity index is 2.50. The van der Waals surface area contributed by atoms with Crippen molar-refractivity contribution in [3.8, 4) is 0 Å². The zero-order chi connectivity index (χ0) is 12.4. The largest absolute Gasteiger partial charge is 0.481 e. The Kier molecular flexibility index (Phi) is 3.13. The summed E-state index contributed by atoms with van der Waals surface area (Å²) < 4.78 is 15.5. The first-order valence-corrected chi connectivity index (χ1v) is 5.61. The van der Waals surface area contributed by atoms with Crippen LogP contribution in [0.4, 0.5) is 4.39 Å². The lowest BCUT2D eigenvalue weighted by Crippen LogP contribution is -1.97. The van der Waals surface area contributed by atoms with E-state index >= 15 is 0 Å². The second-order valence-corrected chi connectivity index (χ2v) is 3.97. The van der Waals surface area contributed by atoms with E-state index in [2.05, 4.69) is 0 Å². The number of rotatable bonds is 4. The van der Waals surface area contributed by atoms with E-state index < -0.39 is 5.97 Å². The summed E-state index contributed by atoms with van der Waals surface area (Å²) in [5, 5.41) is 9.50. The summed E-state index contributed by atoms with van der Waals surface area (Å²) in [6.45, 7) is 2.61. The number of hydrogen-bond acceptors (Lipinski definition) is 1. The van der Waals surface area contributed by atoms with Crippen molar-refractivity contribution < 1.29 is 14.3 Å². The van der Waals surface area contributed by atoms with Crippen molar-refractivity contribution >= 4 is 16.9 Å². The number of aromatic nitrogens is 1. The number of carbonyl (C=O) groups is 1. The fourth-order valence-electron chi connectivity index (χ4n) is 2.08. The molecule has 1 aromatic heterocycles. The molecule has 0 fully saturated rings. The van der Waals surface area contributed by atoms with Gasteiger partial charge < -0.3 is 9.67 Å². The highest BCUT2D eigenvalue weighted by Gasteiger charge is 2.12. The highest BCUT2D eigenvalue weighted by Crippen LogP contribution is 2.25. The predicted octanol–water partition coefficient (Wildman–Crippen LogP) is 2.82. The Morgan fingerprint density at radius 1 is 1.47 bits per heavy atom. The Hall–Kier alpha value is -1.84. The second-order valence-electron chi connectivity index (χ2n) is 3.97. The standard InChI is InChI=1S/C13H14FNO2/c1-2-15-8-9(6-7-12(16)17)10-4-3-5-11(14)13(10)15/h3-5,8H,2,6-7H2,1H3,(H,16,17). The van der Waals surface area contributed by atoms with Gasteiger partial charge in [-0.05, 0) is 25.0 Å². The summed E-state index contributed by atoms with van der Waals surface area (Å²) in [5.41, 5.74) is 1.46. The zero-order valence-corrected chi connectivity index (χ0v) is 9.61. The summed E-state index contributed by atoms with van der Waals surface area (Å²) in [5.74, 6) is -1.09. The Bertz CT molecular complexity index is 560. The van der Waals surface area contributed by atoms with Crippen LogP contribution in [-0.4, -0.2) is 15.6 Å². The molecule has 4 heteroatoms. The van der Waals surface area contributed by atoms with E-state index in [1.165, 1.54) is 6.07 Å². The van der Waals surface area contributed by atoms with E-state index in [-0.39, 0.29) is 12.2 Å². The molecule has 1 N–H and O–H groups in total. The molecule has 0 amide bonds. The minimum atomic E-state index is -0.834. The highest BCUT2D eigenvalue weighted by atomic mass is 19.1. The van der Waals surface area contributed by atoms with E-state index in [1.807, 2.05) is 23.8 Å². The molecular weight excluding hydrogens is 221 g/mol.